The third kappa shape index (κ3) is 7.17. The van der Waals surface area contributed by atoms with E-state index < -0.39 is 23.7 Å². The molecule has 0 radical (unpaired) electrons. The first-order valence-corrected chi connectivity index (χ1v) is 7.62. The van der Waals surface area contributed by atoms with Gasteiger partial charge in [0.1, 0.15) is 11.9 Å². The summed E-state index contributed by atoms with van der Waals surface area (Å²) in [5, 5.41) is 15.2. The summed E-state index contributed by atoms with van der Waals surface area (Å²) >= 11 is 0. The Labute approximate surface area is 129 Å². The molecule has 3 N–H and O–H groups in total. The molecule has 0 unspecified atom stereocenters. The number of aliphatic carboxylic acids is 1. The van der Waals surface area contributed by atoms with E-state index in [1.807, 2.05) is 0 Å². The minimum atomic E-state index is -1.26. The number of unbranched alkanes of at least 4 members (excludes halogenated alkanes) is 3. The number of anilines is 1. The van der Waals surface area contributed by atoms with Gasteiger partial charge in [-0.2, -0.15) is 0 Å². The molecule has 0 heterocycles. The summed E-state index contributed by atoms with van der Waals surface area (Å²) in [4.78, 5) is 22.9. The van der Waals surface area contributed by atoms with Crippen LogP contribution in [0.1, 0.15) is 39.0 Å². The highest BCUT2D eigenvalue weighted by molar-refractivity contribution is 5.93. The van der Waals surface area contributed by atoms with Gasteiger partial charge in [0.2, 0.25) is 5.91 Å². The molecule has 122 valence electrons. The van der Waals surface area contributed by atoms with E-state index in [-0.39, 0.29) is 6.42 Å². The Morgan fingerprint density at radius 2 is 2.09 bits per heavy atom. The predicted molar refractivity (Wildman–Crippen MR) is 79.4 cm³/mol. The fourth-order valence-corrected chi connectivity index (χ4v) is 2.13. The van der Waals surface area contributed by atoms with Gasteiger partial charge in [0, 0.05) is 5.69 Å². The number of carbonyl (C=O) groups excluding carboxylic acids is 2. The zero-order valence-electron chi connectivity index (χ0n) is 12.8. The SMILES string of the molecule is CCCCCC[NH2+][C@H](CC(=O)Nc1cccc(F)c1)C(=O)[O-]. The van der Waals surface area contributed by atoms with Crippen LogP contribution in [-0.2, 0) is 9.59 Å². The van der Waals surface area contributed by atoms with Crippen LogP contribution in [0.4, 0.5) is 10.1 Å². The number of hydrogen-bond donors (Lipinski definition) is 2. The van der Waals surface area contributed by atoms with E-state index in [2.05, 4.69) is 12.2 Å². The maximum absolute atomic E-state index is 13.0. The summed E-state index contributed by atoms with van der Waals surface area (Å²) in [5.41, 5.74) is 0.310. The molecular weight excluding hydrogens is 287 g/mol. The Morgan fingerprint density at radius 3 is 2.73 bits per heavy atom. The van der Waals surface area contributed by atoms with E-state index in [4.69, 9.17) is 0 Å². The molecule has 0 aromatic heterocycles. The first-order chi connectivity index (χ1) is 10.5. The lowest BCUT2D eigenvalue weighted by molar-refractivity contribution is -0.682. The predicted octanol–water partition coefficient (Wildman–Crippen LogP) is 0.417. The maximum Gasteiger partial charge on any atom is 0.230 e. The van der Waals surface area contributed by atoms with Gasteiger partial charge in [-0.1, -0.05) is 25.8 Å². The van der Waals surface area contributed by atoms with Gasteiger partial charge in [-0.05, 0) is 31.0 Å². The van der Waals surface area contributed by atoms with Crippen molar-refractivity contribution < 1.29 is 24.4 Å². The third-order valence-corrected chi connectivity index (χ3v) is 3.33. The lowest BCUT2D eigenvalue weighted by Gasteiger charge is -2.16. The van der Waals surface area contributed by atoms with Crippen molar-refractivity contribution in [2.75, 3.05) is 11.9 Å². The Morgan fingerprint density at radius 1 is 1.32 bits per heavy atom. The number of nitrogens with one attached hydrogen (secondary N) is 1. The Balaban J connectivity index is 2.41. The molecule has 1 aromatic carbocycles. The topological polar surface area (TPSA) is 85.8 Å². The number of carbonyl (C=O) groups is 2. The van der Waals surface area contributed by atoms with Crippen LogP contribution < -0.4 is 15.7 Å². The molecule has 0 saturated carbocycles. The van der Waals surface area contributed by atoms with Gasteiger partial charge in [0.05, 0.1) is 18.9 Å². The van der Waals surface area contributed by atoms with Crippen LogP contribution in [0.2, 0.25) is 0 Å². The first-order valence-electron chi connectivity index (χ1n) is 7.62. The Bertz CT molecular complexity index is 494. The number of hydrogen-bond acceptors (Lipinski definition) is 3. The average Bonchev–Trinajstić information content (AvgIpc) is 2.45. The molecular formula is C16H23FN2O3. The number of quaternary nitrogens is 1. The van der Waals surface area contributed by atoms with Gasteiger partial charge >= 0.3 is 0 Å². The van der Waals surface area contributed by atoms with E-state index >= 15 is 0 Å². The van der Waals surface area contributed by atoms with Gasteiger partial charge in [-0.15, -0.1) is 0 Å². The fraction of sp³-hybridized carbons (Fsp3) is 0.500. The van der Waals surface area contributed by atoms with Crippen LogP contribution in [-0.4, -0.2) is 24.5 Å². The van der Waals surface area contributed by atoms with Crippen LogP contribution in [0.25, 0.3) is 0 Å². The van der Waals surface area contributed by atoms with Crippen molar-refractivity contribution in [1.29, 1.82) is 0 Å². The second-order valence-electron chi connectivity index (χ2n) is 5.27. The van der Waals surface area contributed by atoms with Crippen LogP contribution in [0.5, 0.6) is 0 Å². The summed E-state index contributed by atoms with van der Waals surface area (Å²) in [6.45, 7) is 2.75. The number of rotatable bonds is 10. The van der Waals surface area contributed by atoms with Crippen molar-refractivity contribution in [2.24, 2.45) is 0 Å². The fourth-order valence-electron chi connectivity index (χ4n) is 2.13. The van der Waals surface area contributed by atoms with Gasteiger partial charge < -0.3 is 20.5 Å². The van der Waals surface area contributed by atoms with Crippen molar-refractivity contribution in [3.8, 4) is 0 Å². The van der Waals surface area contributed by atoms with Crippen LogP contribution in [0.15, 0.2) is 24.3 Å². The number of halogens is 1. The maximum atomic E-state index is 13.0. The lowest BCUT2D eigenvalue weighted by Crippen LogP contribution is -2.93. The molecule has 0 spiro atoms. The smallest absolute Gasteiger partial charge is 0.230 e. The number of amides is 1. The largest absolute Gasteiger partial charge is 0.544 e. The molecule has 0 saturated heterocycles. The summed E-state index contributed by atoms with van der Waals surface area (Å²) < 4.78 is 13.0. The summed E-state index contributed by atoms with van der Waals surface area (Å²) in [5.74, 6) is -2.19. The normalized spacial score (nSPS) is 11.9. The van der Waals surface area contributed by atoms with Crippen molar-refractivity contribution in [2.45, 2.75) is 45.1 Å². The molecule has 0 aliphatic heterocycles. The standard InChI is InChI=1S/C16H23FN2O3/c1-2-3-4-5-9-18-14(16(21)22)11-15(20)19-13-8-6-7-12(17)10-13/h6-8,10,14,18H,2-5,9,11H2,1H3,(H,19,20)(H,21,22)/t14-/m1/s1. The minimum absolute atomic E-state index is 0.202. The monoisotopic (exact) mass is 310 g/mol. The molecule has 1 rings (SSSR count). The van der Waals surface area contributed by atoms with Gasteiger partial charge in [0.25, 0.3) is 0 Å². The van der Waals surface area contributed by atoms with Gasteiger partial charge in [-0.3, -0.25) is 4.79 Å². The van der Waals surface area contributed by atoms with Crippen LogP contribution >= 0.6 is 0 Å². The van der Waals surface area contributed by atoms with Gasteiger partial charge in [-0.25, -0.2) is 4.39 Å². The zero-order chi connectivity index (χ0) is 16.4. The number of carboxylic acid groups (broad SMARTS) is 1. The Kier molecular flexibility index (Phi) is 8.14. The molecule has 1 amide bonds. The number of carboxylic acids is 1. The molecule has 1 atom stereocenters. The molecule has 0 aliphatic rings. The van der Waals surface area contributed by atoms with Crippen molar-refractivity contribution >= 4 is 17.6 Å². The van der Waals surface area contributed by atoms with E-state index in [0.717, 1.165) is 25.7 Å². The van der Waals surface area contributed by atoms with Crippen molar-refractivity contribution in [3.63, 3.8) is 0 Å². The van der Waals surface area contributed by atoms with E-state index in [1.165, 1.54) is 18.2 Å². The molecule has 0 aliphatic carbocycles. The average molecular weight is 310 g/mol. The van der Waals surface area contributed by atoms with Crippen molar-refractivity contribution in [1.82, 2.24) is 0 Å². The van der Waals surface area contributed by atoms with Crippen LogP contribution in [0, 0.1) is 5.82 Å². The van der Waals surface area contributed by atoms with E-state index in [1.54, 1.807) is 11.4 Å². The number of nitrogens with two attached hydrogens (primary N) is 1. The van der Waals surface area contributed by atoms with Crippen molar-refractivity contribution in [3.05, 3.63) is 30.1 Å². The number of benzene rings is 1. The highest BCUT2D eigenvalue weighted by Gasteiger charge is 2.18. The highest BCUT2D eigenvalue weighted by Crippen LogP contribution is 2.09. The molecule has 22 heavy (non-hydrogen) atoms. The summed E-state index contributed by atoms with van der Waals surface area (Å²) in [6.07, 6.45) is 3.97. The third-order valence-electron chi connectivity index (χ3n) is 3.33. The Hall–Kier alpha value is -1.95. The summed E-state index contributed by atoms with van der Waals surface area (Å²) in [6, 6.07) is 4.55. The minimum Gasteiger partial charge on any atom is -0.544 e. The summed E-state index contributed by atoms with van der Waals surface area (Å²) in [7, 11) is 0. The quantitative estimate of drug-likeness (QED) is 0.614. The molecule has 6 heteroatoms. The highest BCUT2D eigenvalue weighted by atomic mass is 19.1. The lowest BCUT2D eigenvalue weighted by atomic mass is 10.1. The second kappa shape index (κ2) is 9.89. The molecule has 0 bridgehead atoms. The molecule has 0 fully saturated rings. The first kappa shape index (κ1) is 18.1. The van der Waals surface area contributed by atoms with Crippen LogP contribution in [0.3, 0.4) is 0 Å². The van der Waals surface area contributed by atoms with E-state index in [9.17, 15) is 19.1 Å². The molecule has 1 aromatic rings. The van der Waals surface area contributed by atoms with Gasteiger partial charge in [0.15, 0.2) is 0 Å². The second-order valence-corrected chi connectivity index (χ2v) is 5.27. The van der Waals surface area contributed by atoms with E-state index in [0.29, 0.717) is 12.2 Å². The zero-order valence-corrected chi connectivity index (χ0v) is 12.8. The molecule has 5 nitrogen and oxygen atoms in total.